The Hall–Kier alpha value is -7.22. The summed E-state index contributed by atoms with van der Waals surface area (Å²) in [7, 11) is 0. The molecule has 1 aliphatic rings. The summed E-state index contributed by atoms with van der Waals surface area (Å²) < 4.78 is 0. The van der Waals surface area contributed by atoms with Crippen LogP contribution in [0.15, 0.2) is 224 Å². The normalized spacial score (nSPS) is 12.4. The third-order valence-corrected chi connectivity index (χ3v) is 11.9. The molecule has 0 atom stereocenters. The van der Waals surface area contributed by atoms with Crippen molar-refractivity contribution in [1.82, 2.24) is 0 Å². The molecule has 0 fully saturated rings. The van der Waals surface area contributed by atoms with E-state index >= 15 is 0 Å². The Kier molecular flexibility index (Phi) is 8.92. The van der Waals surface area contributed by atoms with E-state index in [0.29, 0.717) is 0 Å². The highest BCUT2D eigenvalue weighted by Crippen LogP contribution is 2.51. The zero-order valence-electron chi connectivity index (χ0n) is 32.8. The number of hydrogen-bond donors (Lipinski definition) is 0. The molecule has 0 amide bonds. The van der Waals surface area contributed by atoms with Gasteiger partial charge in [0.25, 0.3) is 0 Å². The molecule has 1 aliphatic carbocycles. The fourth-order valence-corrected chi connectivity index (χ4v) is 8.84. The van der Waals surface area contributed by atoms with Gasteiger partial charge in [0.2, 0.25) is 0 Å². The Morgan fingerprint density at radius 3 is 1.36 bits per heavy atom. The molecule has 0 spiro atoms. The Balaban J connectivity index is 1.12. The first-order chi connectivity index (χ1) is 28.5. The third-order valence-electron chi connectivity index (χ3n) is 11.9. The SMILES string of the molecule is CC1(C)c2ccccc2-c2ccc(N(c3ccc(-c4ccccc4)cc3)c3cccc(-c4cc(-c5ccccc5)ccc4-c4ccc(-c5ccccc5)cc4)c3)cc21. The van der Waals surface area contributed by atoms with Crippen LogP contribution in [-0.4, -0.2) is 0 Å². The summed E-state index contributed by atoms with van der Waals surface area (Å²) in [4.78, 5) is 2.42. The molecule has 276 valence electrons. The predicted octanol–water partition coefficient (Wildman–Crippen LogP) is 15.8. The van der Waals surface area contributed by atoms with Gasteiger partial charge in [-0.05, 0) is 120 Å². The van der Waals surface area contributed by atoms with Crippen LogP contribution >= 0.6 is 0 Å². The maximum absolute atomic E-state index is 2.42. The Morgan fingerprint density at radius 2 is 0.707 bits per heavy atom. The van der Waals surface area contributed by atoms with Crippen molar-refractivity contribution in [3.05, 3.63) is 236 Å². The van der Waals surface area contributed by atoms with Crippen LogP contribution in [0.1, 0.15) is 25.0 Å². The maximum Gasteiger partial charge on any atom is 0.0467 e. The third kappa shape index (κ3) is 6.41. The lowest BCUT2D eigenvalue weighted by Crippen LogP contribution is -2.16. The molecule has 0 aliphatic heterocycles. The quantitative estimate of drug-likeness (QED) is 0.150. The Morgan fingerprint density at radius 1 is 0.259 bits per heavy atom. The van der Waals surface area contributed by atoms with E-state index in [0.717, 1.165) is 22.6 Å². The van der Waals surface area contributed by atoms with Crippen LogP contribution in [0, 0.1) is 0 Å². The van der Waals surface area contributed by atoms with E-state index < -0.39 is 0 Å². The number of rotatable bonds is 8. The number of nitrogens with zero attached hydrogens (tertiary/aromatic N) is 1. The molecule has 0 saturated heterocycles. The predicted molar refractivity (Wildman–Crippen MR) is 246 cm³/mol. The first kappa shape index (κ1) is 35.2. The molecule has 0 bridgehead atoms. The first-order valence-corrected chi connectivity index (χ1v) is 20.2. The van der Waals surface area contributed by atoms with Gasteiger partial charge in [0.15, 0.2) is 0 Å². The first-order valence-electron chi connectivity index (χ1n) is 20.2. The van der Waals surface area contributed by atoms with Crippen LogP contribution in [0.2, 0.25) is 0 Å². The van der Waals surface area contributed by atoms with E-state index in [4.69, 9.17) is 0 Å². The van der Waals surface area contributed by atoms with Gasteiger partial charge in [-0.2, -0.15) is 0 Å². The molecule has 10 rings (SSSR count). The number of fused-ring (bicyclic) bond motifs is 3. The standard InChI is InChI=1S/C57H43N/c1-57(2)55-24-13-12-23-52(55)53-36-34-50(39-56(53)57)58(48-32-29-44(30-33-48)41-17-8-4-9-18-41)49-22-14-21-47(37-49)54-38-46(42-19-10-5-11-20-42)31-35-51(54)45-27-25-43(26-28-45)40-15-6-3-7-16-40/h3-39H,1-2H3. The van der Waals surface area contributed by atoms with Gasteiger partial charge in [0, 0.05) is 22.5 Å². The fraction of sp³-hybridized carbons (Fsp3) is 0.0526. The van der Waals surface area contributed by atoms with Gasteiger partial charge in [-0.15, -0.1) is 0 Å². The van der Waals surface area contributed by atoms with Gasteiger partial charge in [0.05, 0.1) is 0 Å². The molecule has 0 aromatic heterocycles. The minimum absolute atomic E-state index is 0.116. The molecule has 9 aromatic rings. The van der Waals surface area contributed by atoms with Crippen molar-refractivity contribution in [2.45, 2.75) is 19.3 Å². The summed E-state index contributed by atoms with van der Waals surface area (Å²) in [6.07, 6.45) is 0. The van der Waals surface area contributed by atoms with Crippen LogP contribution in [0.5, 0.6) is 0 Å². The lowest BCUT2D eigenvalue weighted by molar-refractivity contribution is 0.660. The van der Waals surface area contributed by atoms with Crippen molar-refractivity contribution in [3.8, 4) is 66.8 Å². The lowest BCUT2D eigenvalue weighted by Gasteiger charge is -2.29. The largest absolute Gasteiger partial charge is 0.310 e. The zero-order valence-corrected chi connectivity index (χ0v) is 32.8. The van der Waals surface area contributed by atoms with Crippen molar-refractivity contribution in [2.75, 3.05) is 4.90 Å². The molecule has 1 nitrogen and oxygen atoms in total. The highest BCUT2D eigenvalue weighted by Gasteiger charge is 2.35. The summed E-state index contributed by atoms with van der Waals surface area (Å²) in [6, 6.07) is 81.8. The van der Waals surface area contributed by atoms with Crippen molar-refractivity contribution < 1.29 is 0 Å². The Bertz CT molecular complexity index is 2870. The molecule has 0 heterocycles. The number of anilines is 3. The van der Waals surface area contributed by atoms with Gasteiger partial charge in [-0.1, -0.05) is 196 Å². The maximum atomic E-state index is 2.42. The van der Waals surface area contributed by atoms with Crippen molar-refractivity contribution in [2.24, 2.45) is 0 Å². The van der Waals surface area contributed by atoms with Crippen LogP contribution in [0.4, 0.5) is 17.1 Å². The van der Waals surface area contributed by atoms with E-state index in [1.807, 2.05) is 0 Å². The lowest BCUT2D eigenvalue weighted by atomic mass is 9.82. The second kappa shape index (κ2) is 14.7. The molecule has 0 N–H and O–H groups in total. The van der Waals surface area contributed by atoms with Crippen LogP contribution < -0.4 is 4.90 Å². The molecule has 1 heteroatoms. The van der Waals surface area contributed by atoms with Crippen molar-refractivity contribution in [3.63, 3.8) is 0 Å². The second-order valence-electron chi connectivity index (χ2n) is 15.8. The summed E-state index contributed by atoms with van der Waals surface area (Å²) >= 11 is 0. The van der Waals surface area contributed by atoms with Crippen LogP contribution in [0.25, 0.3) is 66.8 Å². The molecule has 0 radical (unpaired) electrons. The van der Waals surface area contributed by atoms with E-state index in [-0.39, 0.29) is 5.41 Å². The highest BCUT2D eigenvalue weighted by atomic mass is 15.1. The number of hydrogen-bond acceptors (Lipinski definition) is 1. The topological polar surface area (TPSA) is 3.24 Å². The summed E-state index contributed by atoms with van der Waals surface area (Å²) in [5.41, 5.74) is 20.6. The van der Waals surface area contributed by atoms with Crippen LogP contribution in [0.3, 0.4) is 0 Å². The smallest absolute Gasteiger partial charge is 0.0467 e. The van der Waals surface area contributed by atoms with Gasteiger partial charge in [-0.25, -0.2) is 0 Å². The van der Waals surface area contributed by atoms with E-state index in [9.17, 15) is 0 Å². The summed E-state index contributed by atoms with van der Waals surface area (Å²) in [5, 5.41) is 0. The minimum atomic E-state index is -0.116. The van der Waals surface area contributed by atoms with E-state index in [1.54, 1.807) is 0 Å². The summed E-state index contributed by atoms with van der Waals surface area (Å²) in [5.74, 6) is 0. The van der Waals surface area contributed by atoms with Gasteiger partial charge < -0.3 is 4.90 Å². The molecular weight excluding hydrogens is 699 g/mol. The molecule has 0 saturated carbocycles. The van der Waals surface area contributed by atoms with Crippen molar-refractivity contribution in [1.29, 1.82) is 0 Å². The van der Waals surface area contributed by atoms with Gasteiger partial charge in [0.1, 0.15) is 0 Å². The second-order valence-corrected chi connectivity index (χ2v) is 15.8. The van der Waals surface area contributed by atoms with Gasteiger partial charge >= 0.3 is 0 Å². The zero-order chi connectivity index (χ0) is 39.1. The fourth-order valence-electron chi connectivity index (χ4n) is 8.84. The molecule has 0 unspecified atom stereocenters. The van der Waals surface area contributed by atoms with E-state index in [2.05, 4.69) is 243 Å². The highest BCUT2D eigenvalue weighted by molar-refractivity contribution is 5.91. The van der Waals surface area contributed by atoms with E-state index in [1.165, 1.54) is 72.3 Å². The van der Waals surface area contributed by atoms with Crippen LogP contribution in [-0.2, 0) is 5.41 Å². The average molecular weight is 742 g/mol. The molecular formula is C57H43N. The summed E-state index contributed by atoms with van der Waals surface area (Å²) in [6.45, 7) is 4.71. The van der Waals surface area contributed by atoms with Crippen molar-refractivity contribution >= 4 is 17.1 Å². The Labute approximate surface area is 342 Å². The monoisotopic (exact) mass is 741 g/mol. The van der Waals surface area contributed by atoms with Gasteiger partial charge in [-0.3, -0.25) is 0 Å². The average Bonchev–Trinajstić information content (AvgIpc) is 3.53. The number of benzene rings is 9. The molecule has 9 aromatic carbocycles. The minimum Gasteiger partial charge on any atom is -0.310 e. The molecule has 58 heavy (non-hydrogen) atoms.